The van der Waals surface area contributed by atoms with Crippen LogP contribution < -0.4 is 5.32 Å². The highest BCUT2D eigenvalue weighted by atomic mass is 15.3. The second-order valence-corrected chi connectivity index (χ2v) is 2.86. The molecule has 0 saturated carbocycles. The lowest BCUT2D eigenvalue weighted by Crippen LogP contribution is -2.18. The lowest BCUT2D eigenvalue weighted by atomic mass is 10.3. The molecule has 1 aromatic rings. The van der Waals surface area contributed by atoms with Crippen LogP contribution in [0.2, 0.25) is 0 Å². The molecule has 0 radical (unpaired) electrons. The van der Waals surface area contributed by atoms with Crippen LogP contribution in [-0.2, 0) is 6.54 Å². The predicted molar refractivity (Wildman–Crippen MR) is 47.9 cm³/mol. The molecule has 0 fully saturated rings. The summed E-state index contributed by atoms with van der Waals surface area (Å²) in [6.07, 6.45) is 0. The summed E-state index contributed by atoms with van der Waals surface area (Å²) in [5.74, 6) is 1.99. The highest BCUT2D eigenvalue weighted by molar-refractivity contribution is 4.98. The van der Waals surface area contributed by atoms with Gasteiger partial charge in [0.25, 0.3) is 0 Å². The van der Waals surface area contributed by atoms with Crippen molar-refractivity contribution in [3.05, 3.63) is 11.6 Å². The molecule has 1 aromatic heterocycles. The zero-order chi connectivity index (χ0) is 9.14. The third-order valence-corrected chi connectivity index (χ3v) is 2.10. The van der Waals surface area contributed by atoms with Crippen LogP contribution in [0.5, 0.6) is 0 Å². The van der Waals surface area contributed by atoms with Gasteiger partial charge in [0, 0.05) is 6.54 Å². The van der Waals surface area contributed by atoms with Gasteiger partial charge < -0.3 is 9.88 Å². The van der Waals surface area contributed by atoms with Crippen molar-refractivity contribution < 1.29 is 0 Å². The zero-order valence-electron chi connectivity index (χ0n) is 8.13. The third-order valence-electron chi connectivity index (χ3n) is 2.10. The largest absolute Gasteiger partial charge is 0.314 e. The zero-order valence-corrected chi connectivity index (χ0v) is 8.13. The lowest BCUT2D eigenvalue weighted by molar-refractivity contribution is 0.558. The van der Waals surface area contributed by atoms with E-state index in [1.165, 1.54) is 0 Å². The monoisotopic (exact) mass is 168 g/mol. The van der Waals surface area contributed by atoms with Crippen LogP contribution in [0.15, 0.2) is 0 Å². The summed E-state index contributed by atoms with van der Waals surface area (Å²) in [6.45, 7) is 7.08. The number of nitrogens with zero attached hydrogens (tertiary/aromatic N) is 3. The summed E-state index contributed by atoms with van der Waals surface area (Å²) in [5.41, 5.74) is 0. The van der Waals surface area contributed by atoms with E-state index < -0.39 is 0 Å². The number of aromatic nitrogens is 3. The Kier molecular flexibility index (Phi) is 2.81. The van der Waals surface area contributed by atoms with Crippen molar-refractivity contribution in [2.75, 3.05) is 7.05 Å². The van der Waals surface area contributed by atoms with Crippen molar-refractivity contribution in [1.82, 2.24) is 20.1 Å². The van der Waals surface area contributed by atoms with Crippen LogP contribution >= 0.6 is 0 Å². The van der Waals surface area contributed by atoms with Gasteiger partial charge in [-0.1, -0.05) is 0 Å². The first kappa shape index (κ1) is 9.19. The Morgan fingerprint density at radius 2 is 2.17 bits per heavy atom. The number of hydrogen-bond acceptors (Lipinski definition) is 3. The molecule has 0 saturated heterocycles. The second kappa shape index (κ2) is 3.67. The Morgan fingerprint density at radius 1 is 1.50 bits per heavy atom. The number of hydrogen-bond donors (Lipinski definition) is 1. The van der Waals surface area contributed by atoms with Gasteiger partial charge in [0.1, 0.15) is 11.6 Å². The molecule has 0 aliphatic heterocycles. The number of aryl methyl sites for hydroxylation is 1. The fourth-order valence-corrected chi connectivity index (χ4v) is 1.24. The van der Waals surface area contributed by atoms with Gasteiger partial charge in [-0.2, -0.15) is 0 Å². The molecule has 4 heteroatoms. The predicted octanol–water partition coefficient (Wildman–Crippen LogP) is 0.887. The molecule has 0 spiro atoms. The maximum atomic E-state index is 4.11. The van der Waals surface area contributed by atoms with E-state index in [0.717, 1.165) is 18.2 Å². The van der Waals surface area contributed by atoms with E-state index in [-0.39, 0.29) is 6.04 Å². The van der Waals surface area contributed by atoms with Gasteiger partial charge in [-0.3, -0.25) is 0 Å². The van der Waals surface area contributed by atoms with Crippen molar-refractivity contribution >= 4 is 0 Å². The Balaban J connectivity index is 2.98. The molecule has 1 unspecified atom stereocenters. The molecule has 1 N–H and O–H groups in total. The molecule has 4 nitrogen and oxygen atoms in total. The molecule has 1 heterocycles. The van der Waals surface area contributed by atoms with Crippen molar-refractivity contribution in [3.8, 4) is 0 Å². The Morgan fingerprint density at radius 3 is 2.67 bits per heavy atom. The summed E-state index contributed by atoms with van der Waals surface area (Å²) in [4.78, 5) is 0. The molecule has 1 atom stereocenters. The van der Waals surface area contributed by atoms with Gasteiger partial charge in [-0.05, 0) is 27.8 Å². The van der Waals surface area contributed by atoms with Crippen LogP contribution in [0, 0.1) is 6.92 Å². The fourth-order valence-electron chi connectivity index (χ4n) is 1.24. The lowest BCUT2D eigenvalue weighted by Gasteiger charge is -2.10. The summed E-state index contributed by atoms with van der Waals surface area (Å²) >= 11 is 0. The van der Waals surface area contributed by atoms with E-state index in [4.69, 9.17) is 0 Å². The van der Waals surface area contributed by atoms with E-state index in [2.05, 4.69) is 33.9 Å². The summed E-state index contributed by atoms with van der Waals surface area (Å²) in [5, 5.41) is 11.3. The Hall–Kier alpha value is -0.900. The van der Waals surface area contributed by atoms with Crippen LogP contribution in [0.1, 0.15) is 31.5 Å². The van der Waals surface area contributed by atoms with Gasteiger partial charge in [-0.25, -0.2) is 0 Å². The van der Waals surface area contributed by atoms with Gasteiger partial charge in [-0.15, -0.1) is 10.2 Å². The summed E-state index contributed by atoms with van der Waals surface area (Å²) in [6, 6.07) is 0.270. The maximum Gasteiger partial charge on any atom is 0.149 e. The normalized spacial score (nSPS) is 13.3. The molecular formula is C8H16N4. The molecule has 0 aliphatic carbocycles. The Bertz CT molecular complexity index is 254. The highest BCUT2D eigenvalue weighted by Gasteiger charge is 2.11. The average molecular weight is 168 g/mol. The molecule has 68 valence electrons. The number of nitrogens with one attached hydrogen (secondary N) is 1. The highest BCUT2D eigenvalue weighted by Crippen LogP contribution is 2.09. The molecule has 0 bridgehead atoms. The van der Waals surface area contributed by atoms with Gasteiger partial charge in [0.2, 0.25) is 0 Å². The van der Waals surface area contributed by atoms with Gasteiger partial charge in [0.05, 0.1) is 6.04 Å². The molecule has 0 aliphatic rings. The minimum Gasteiger partial charge on any atom is -0.314 e. The smallest absolute Gasteiger partial charge is 0.149 e. The SMILES string of the molecule is CCn1c(C)nnc1C(C)NC. The number of rotatable bonds is 3. The van der Waals surface area contributed by atoms with Crippen molar-refractivity contribution in [1.29, 1.82) is 0 Å². The van der Waals surface area contributed by atoms with Crippen LogP contribution in [0.3, 0.4) is 0 Å². The quantitative estimate of drug-likeness (QED) is 0.728. The third kappa shape index (κ3) is 1.48. The van der Waals surface area contributed by atoms with E-state index >= 15 is 0 Å². The average Bonchev–Trinajstić information content (AvgIpc) is 2.45. The van der Waals surface area contributed by atoms with Crippen molar-refractivity contribution in [2.45, 2.75) is 33.4 Å². The van der Waals surface area contributed by atoms with E-state index in [1.807, 2.05) is 14.0 Å². The van der Waals surface area contributed by atoms with E-state index in [9.17, 15) is 0 Å². The van der Waals surface area contributed by atoms with Crippen molar-refractivity contribution in [3.63, 3.8) is 0 Å². The summed E-state index contributed by atoms with van der Waals surface area (Å²) in [7, 11) is 1.93. The van der Waals surface area contributed by atoms with Crippen molar-refractivity contribution in [2.24, 2.45) is 0 Å². The molecule has 1 rings (SSSR count). The minimum absolute atomic E-state index is 0.270. The van der Waals surface area contributed by atoms with Crippen LogP contribution in [0.4, 0.5) is 0 Å². The summed E-state index contributed by atoms with van der Waals surface area (Å²) < 4.78 is 2.11. The topological polar surface area (TPSA) is 42.7 Å². The van der Waals surface area contributed by atoms with E-state index in [1.54, 1.807) is 0 Å². The Labute approximate surface area is 73.0 Å². The van der Waals surface area contributed by atoms with Gasteiger partial charge >= 0.3 is 0 Å². The minimum atomic E-state index is 0.270. The molecular weight excluding hydrogens is 152 g/mol. The van der Waals surface area contributed by atoms with Crippen LogP contribution in [0.25, 0.3) is 0 Å². The first-order valence-corrected chi connectivity index (χ1v) is 4.27. The standard InChI is InChI=1S/C8H16N4/c1-5-12-7(3)10-11-8(12)6(2)9-4/h6,9H,5H2,1-4H3. The van der Waals surface area contributed by atoms with Crippen LogP contribution in [-0.4, -0.2) is 21.8 Å². The fraction of sp³-hybridized carbons (Fsp3) is 0.750. The van der Waals surface area contributed by atoms with Gasteiger partial charge in [0.15, 0.2) is 0 Å². The van der Waals surface area contributed by atoms with E-state index in [0.29, 0.717) is 0 Å². The molecule has 0 aromatic carbocycles. The first-order valence-electron chi connectivity index (χ1n) is 4.27. The molecule has 0 amide bonds. The first-order chi connectivity index (χ1) is 5.70. The molecule has 12 heavy (non-hydrogen) atoms. The second-order valence-electron chi connectivity index (χ2n) is 2.86. The maximum absolute atomic E-state index is 4.11.